The van der Waals surface area contributed by atoms with Gasteiger partial charge < -0.3 is 15.5 Å². The normalized spacial score (nSPS) is 12.1. The molecule has 1 unspecified atom stereocenters. The van der Waals surface area contributed by atoms with Gasteiger partial charge in [-0.2, -0.15) is 0 Å². The molecule has 0 radical (unpaired) electrons. The van der Waals surface area contributed by atoms with Gasteiger partial charge in [0.25, 0.3) is 0 Å². The second kappa shape index (κ2) is 5.56. The van der Waals surface area contributed by atoms with Crippen molar-refractivity contribution in [1.29, 1.82) is 0 Å². The molecule has 1 heterocycles. The second-order valence-electron chi connectivity index (χ2n) is 4.46. The predicted molar refractivity (Wildman–Crippen MR) is 73.8 cm³/mol. The summed E-state index contributed by atoms with van der Waals surface area (Å²) >= 11 is 0. The molecule has 2 rings (SSSR count). The summed E-state index contributed by atoms with van der Waals surface area (Å²) < 4.78 is 0. The number of hydrogen-bond acceptors (Lipinski definition) is 4. The number of benzene rings is 1. The summed E-state index contributed by atoms with van der Waals surface area (Å²) in [6.07, 6.45) is -0.495. The smallest absolute Gasteiger partial charge is 0.326 e. The Morgan fingerprint density at radius 2 is 2.00 bits per heavy atom. The molecule has 1 aromatic carbocycles. The maximum atomic E-state index is 11.1. The van der Waals surface area contributed by atoms with Crippen molar-refractivity contribution in [1.82, 2.24) is 4.98 Å². The number of aromatic nitrogens is 1. The highest BCUT2D eigenvalue weighted by molar-refractivity contribution is 5.94. The van der Waals surface area contributed by atoms with Gasteiger partial charge in [0, 0.05) is 16.8 Å². The van der Waals surface area contributed by atoms with Crippen molar-refractivity contribution in [2.75, 3.05) is 5.32 Å². The first-order valence-corrected chi connectivity index (χ1v) is 6.05. The third-order valence-electron chi connectivity index (χ3n) is 2.85. The summed E-state index contributed by atoms with van der Waals surface area (Å²) in [4.78, 5) is 26.2. The molecule has 0 fully saturated rings. The van der Waals surface area contributed by atoms with E-state index in [1.54, 1.807) is 13.0 Å². The molecular formula is C14H14N2O4. The van der Waals surface area contributed by atoms with E-state index < -0.39 is 24.4 Å². The topological polar surface area (TPSA) is 99.5 Å². The molecule has 2 aromatic rings. The Bertz CT molecular complexity index is 669. The molecule has 0 spiro atoms. The number of carbonyl (C=O) groups is 2. The molecule has 6 heteroatoms. The van der Waals surface area contributed by atoms with Gasteiger partial charge in [-0.15, -0.1) is 0 Å². The molecule has 1 aromatic heterocycles. The number of para-hydroxylation sites is 1. The molecule has 0 bridgehead atoms. The zero-order valence-corrected chi connectivity index (χ0v) is 10.8. The highest BCUT2D eigenvalue weighted by Gasteiger charge is 2.21. The number of hydrogen-bond donors (Lipinski definition) is 3. The van der Waals surface area contributed by atoms with Gasteiger partial charge in [0.15, 0.2) is 0 Å². The maximum Gasteiger partial charge on any atom is 0.326 e. The van der Waals surface area contributed by atoms with Gasteiger partial charge in [-0.25, -0.2) is 4.79 Å². The first-order valence-electron chi connectivity index (χ1n) is 6.05. The van der Waals surface area contributed by atoms with E-state index in [1.165, 1.54) is 0 Å². The fraction of sp³-hybridized carbons (Fsp3) is 0.214. The largest absolute Gasteiger partial charge is 0.481 e. The van der Waals surface area contributed by atoms with Crippen LogP contribution in [-0.4, -0.2) is 33.2 Å². The number of nitrogens with zero attached hydrogens (tertiary/aromatic N) is 1. The Balaban J connectivity index is 2.41. The molecule has 0 aliphatic heterocycles. The molecule has 0 aliphatic rings. The highest BCUT2D eigenvalue weighted by atomic mass is 16.4. The van der Waals surface area contributed by atoms with Crippen LogP contribution in [0, 0.1) is 6.92 Å². The summed E-state index contributed by atoms with van der Waals surface area (Å²) in [5, 5.41) is 21.4. The predicted octanol–water partition coefficient (Wildman–Crippen LogP) is 1.88. The number of anilines is 1. The molecular weight excluding hydrogens is 260 g/mol. The van der Waals surface area contributed by atoms with E-state index in [4.69, 9.17) is 10.2 Å². The van der Waals surface area contributed by atoms with Crippen LogP contribution in [0.3, 0.4) is 0 Å². The van der Waals surface area contributed by atoms with Gasteiger partial charge in [-0.3, -0.25) is 9.78 Å². The first kappa shape index (κ1) is 13.8. The SMILES string of the molecule is Cc1cc(NC(CC(=O)O)C(=O)O)c2ccccc2n1. The van der Waals surface area contributed by atoms with E-state index in [0.717, 1.165) is 16.6 Å². The molecule has 104 valence electrons. The zero-order valence-electron chi connectivity index (χ0n) is 10.8. The Morgan fingerprint density at radius 3 is 2.65 bits per heavy atom. The summed E-state index contributed by atoms with van der Waals surface area (Å²) in [7, 11) is 0. The van der Waals surface area contributed by atoms with Crippen LogP contribution in [0.15, 0.2) is 30.3 Å². The number of rotatable bonds is 5. The van der Waals surface area contributed by atoms with Crippen LogP contribution < -0.4 is 5.32 Å². The fourth-order valence-electron chi connectivity index (χ4n) is 1.99. The average molecular weight is 274 g/mol. The lowest BCUT2D eigenvalue weighted by molar-refractivity contribution is -0.144. The van der Waals surface area contributed by atoms with Gasteiger partial charge in [-0.05, 0) is 19.1 Å². The average Bonchev–Trinajstić information content (AvgIpc) is 2.37. The minimum absolute atomic E-state index is 0.495. The number of carboxylic acid groups (broad SMARTS) is 2. The quantitative estimate of drug-likeness (QED) is 0.769. The van der Waals surface area contributed by atoms with Crippen molar-refractivity contribution in [3.05, 3.63) is 36.0 Å². The van der Waals surface area contributed by atoms with Crippen molar-refractivity contribution < 1.29 is 19.8 Å². The van der Waals surface area contributed by atoms with Gasteiger partial charge >= 0.3 is 11.9 Å². The van der Waals surface area contributed by atoms with Crippen molar-refractivity contribution in [3.8, 4) is 0 Å². The van der Waals surface area contributed by atoms with Crippen LogP contribution >= 0.6 is 0 Å². The molecule has 0 aliphatic carbocycles. The number of aryl methyl sites for hydroxylation is 1. The number of fused-ring (bicyclic) bond motifs is 1. The summed E-state index contributed by atoms with van der Waals surface area (Å²) in [5.74, 6) is -2.37. The van der Waals surface area contributed by atoms with E-state index in [1.807, 2.05) is 24.3 Å². The van der Waals surface area contributed by atoms with Crippen molar-refractivity contribution in [2.24, 2.45) is 0 Å². The lowest BCUT2D eigenvalue weighted by Crippen LogP contribution is -2.31. The minimum Gasteiger partial charge on any atom is -0.481 e. The Hall–Kier alpha value is -2.63. The van der Waals surface area contributed by atoms with Crippen LogP contribution in [-0.2, 0) is 9.59 Å². The van der Waals surface area contributed by atoms with Gasteiger partial charge in [-0.1, -0.05) is 18.2 Å². The zero-order chi connectivity index (χ0) is 14.7. The Morgan fingerprint density at radius 1 is 1.30 bits per heavy atom. The molecule has 0 saturated carbocycles. The van der Waals surface area contributed by atoms with Crippen LogP contribution in [0.2, 0.25) is 0 Å². The Labute approximate surface area is 115 Å². The number of pyridine rings is 1. The third-order valence-corrected chi connectivity index (χ3v) is 2.85. The second-order valence-corrected chi connectivity index (χ2v) is 4.46. The standard InChI is InChI=1S/C14H14N2O4/c1-8-6-11(9-4-2-3-5-10(9)15-8)16-12(14(19)20)7-13(17)18/h2-6,12H,7H2,1H3,(H,15,16)(H,17,18)(H,19,20). The summed E-state index contributed by atoms with van der Waals surface area (Å²) in [6.45, 7) is 1.80. The third kappa shape index (κ3) is 3.03. The summed E-state index contributed by atoms with van der Waals surface area (Å²) in [6, 6.07) is 7.81. The molecule has 0 saturated heterocycles. The van der Waals surface area contributed by atoms with Gasteiger partial charge in [0.2, 0.25) is 0 Å². The number of aliphatic carboxylic acids is 2. The number of nitrogens with one attached hydrogen (secondary N) is 1. The molecule has 0 amide bonds. The van der Waals surface area contributed by atoms with Crippen molar-refractivity contribution in [2.45, 2.75) is 19.4 Å². The van der Waals surface area contributed by atoms with Crippen LogP contribution in [0.25, 0.3) is 10.9 Å². The van der Waals surface area contributed by atoms with E-state index >= 15 is 0 Å². The van der Waals surface area contributed by atoms with E-state index in [2.05, 4.69) is 10.3 Å². The van der Waals surface area contributed by atoms with Crippen LogP contribution in [0.4, 0.5) is 5.69 Å². The van der Waals surface area contributed by atoms with Crippen LogP contribution in [0.5, 0.6) is 0 Å². The van der Waals surface area contributed by atoms with Crippen LogP contribution in [0.1, 0.15) is 12.1 Å². The van der Waals surface area contributed by atoms with E-state index in [9.17, 15) is 9.59 Å². The lowest BCUT2D eigenvalue weighted by Gasteiger charge is -2.16. The summed E-state index contributed by atoms with van der Waals surface area (Å²) in [5.41, 5.74) is 2.03. The first-order chi connectivity index (χ1) is 9.47. The minimum atomic E-state index is -1.20. The molecule has 6 nitrogen and oxygen atoms in total. The molecule has 3 N–H and O–H groups in total. The number of carboxylic acids is 2. The fourth-order valence-corrected chi connectivity index (χ4v) is 1.99. The molecule has 20 heavy (non-hydrogen) atoms. The van der Waals surface area contributed by atoms with Crippen molar-refractivity contribution in [3.63, 3.8) is 0 Å². The van der Waals surface area contributed by atoms with E-state index in [-0.39, 0.29) is 0 Å². The lowest BCUT2D eigenvalue weighted by atomic mass is 10.1. The maximum absolute atomic E-state index is 11.1. The van der Waals surface area contributed by atoms with Crippen molar-refractivity contribution >= 4 is 28.5 Å². The Kier molecular flexibility index (Phi) is 3.84. The monoisotopic (exact) mass is 274 g/mol. The van der Waals surface area contributed by atoms with Gasteiger partial charge in [0.1, 0.15) is 6.04 Å². The van der Waals surface area contributed by atoms with Gasteiger partial charge in [0.05, 0.1) is 11.9 Å². The molecule has 1 atom stereocenters. The highest BCUT2D eigenvalue weighted by Crippen LogP contribution is 2.24. The van der Waals surface area contributed by atoms with E-state index in [0.29, 0.717) is 5.69 Å².